The summed E-state index contributed by atoms with van der Waals surface area (Å²) in [6, 6.07) is 5.37. The number of amides is 1. The zero-order chi connectivity index (χ0) is 14.4. The van der Waals surface area contributed by atoms with Crippen molar-refractivity contribution in [3.63, 3.8) is 0 Å². The van der Waals surface area contributed by atoms with E-state index in [0.29, 0.717) is 5.69 Å². The van der Waals surface area contributed by atoms with Crippen molar-refractivity contribution in [2.45, 2.75) is 26.7 Å². The third-order valence-corrected chi connectivity index (χ3v) is 2.76. The summed E-state index contributed by atoms with van der Waals surface area (Å²) in [4.78, 5) is 22.3. The van der Waals surface area contributed by atoms with Gasteiger partial charge >= 0.3 is 5.97 Å². The molecule has 0 spiro atoms. The van der Waals surface area contributed by atoms with Crippen molar-refractivity contribution in [2.75, 3.05) is 12.4 Å². The minimum absolute atomic E-state index is 0.00495. The van der Waals surface area contributed by atoms with Gasteiger partial charge in [-0.3, -0.25) is 9.59 Å². The molecule has 1 aromatic rings. The Morgan fingerprint density at radius 3 is 2.58 bits per heavy atom. The molecule has 104 valence electrons. The summed E-state index contributed by atoms with van der Waals surface area (Å²) in [5.41, 5.74) is 1.62. The molecule has 0 radical (unpaired) electrons. The third kappa shape index (κ3) is 4.99. The van der Waals surface area contributed by atoms with Crippen LogP contribution in [-0.4, -0.2) is 24.1 Å². The number of nitrogens with one attached hydrogen (secondary N) is 1. The molecule has 1 aromatic carbocycles. The maximum Gasteiger partial charge on any atom is 0.303 e. The van der Waals surface area contributed by atoms with E-state index in [9.17, 15) is 9.59 Å². The Morgan fingerprint density at radius 1 is 1.37 bits per heavy atom. The zero-order valence-electron chi connectivity index (χ0n) is 11.4. The fraction of sp³-hybridized carbons (Fsp3) is 0.429. The van der Waals surface area contributed by atoms with E-state index in [2.05, 4.69) is 5.32 Å². The molecule has 1 amide bonds. The van der Waals surface area contributed by atoms with Crippen molar-refractivity contribution in [2.24, 2.45) is 5.92 Å². The van der Waals surface area contributed by atoms with E-state index in [-0.39, 0.29) is 24.7 Å². The molecule has 0 aliphatic heterocycles. The van der Waals surface area contributed by atoms with Crippen LogP contribution in [0, 0.1) is 12.8 Å². The minimum atomic E-state index is -0.888. The van der Waals surface area contributed by atoms with Gasteiger partial charge in [-0.2, -0.15) is 0 Å². The average Bonchev–Trinajstić information content (AvgIpc) is 2.30. The van der Waals surface area contributed by atoms with Gasteiger partial charge in [0.05, 0.1) is 7.11 Å². The lowest BCUT2D eigenvalue weighted by Gasteiger charge is -2.12. The number of carbonyl (C=O) groups is 2. The quantitative estimate of drug-likeness (QED) is 0.828. The Labute approximate surface area is 112 Å². The van der Waals surface area contributed by atoms with E-state index >= 15 is 0 Å². The molecule has 1 rings (SSSR count). The molecule has 0 bridgehead atoms. The average molecular weight is 265 g/mol. The van der Waals surface area contributed by atoms with Gasteiger partial charge in [-0.1, -0.05) is 6.92 Å². The fourth-order valence-corrected chi connectivity index (χ4v) is 1.79. The predicted molar refractivity (Wildman–Crippen MR) is 72.4 cm³/mol. The van der Waals surface area contributed by atoms with Crippen LogP contribution in [0.2, 0.25) is 0 Å². The van der Waals surface area contributed by atoms with Crippen molar-refractivity contribution in [1.82, 2.24) is 0 Å². The van der Waals surface area contributed by atoms with Gasteiger partial charge in [-0.25, -0.2) is 0 Å². The largest absolute Gasteiger partial charge is 0.497 e. The van der Waals surface area contributed by atoms with Gasteiger partial charge in [0.15, 0.2) is 0 Å². The number of rotatable bonds is 6. The first-order valence-corrected chi connectivity index (χ1v) is 6.08. The molecule has 0 saturated heterocycles. The molecular formula is C14H19NO4. The second-order valence-corrected chi connectivity index (χ2v) is 4.64. The number of ether oxygens (including phenoxy) is 1. The third-order valence-electron chi connectivity index (χ3n) is 2.76. The number of carboxylic acids is 1. The Morgan fingerprint density at radius 2 is 2.05 bits per heavy atom. The lowest BCUT2D eigenvalue weighted by atomic mass is 10.0. The first-order chi connectivity index (χ1) is 8.92. The maximum atomic E-state index is 11.8. The van der Waals surface area contributed by atoms with Crippen LogP contribution in [0.5, 0.6) is 5.75 Å². The highest BCUT2D eigenvalue weighted by molar-refractivity contribution is 5.91. The minimum Gasteiger partial charge on any atom is -0.497 e. The number of carboxylic acid groups (broad SMARTS) is 1. The van der Waals surface area contributed by atoms with Crippen LogP contribution in [0.3, 0.4) is 0 Å². The van der Waals surface area contributed by atoms with E-state index in [0.717, 1.165) is 11.3 Å². The van der Waals surface area contributed by atoms with Gasteiger partial charge in [-0.15, -0.1) is 0 Å². The number of methoxy groups -OCH3 is 1. The van der Waals surface area contributed by atoms with Crippen molar-refractivity contribution < 1.29 is 19.4 Å². The van der Waals surface area contributed by atoms with Gasteiger partial charge in [-0.05, 0) is 36.6 Å². The Kier molecular flexibility index (Phi) is 5.36. The summed E-state index contributed by atoms with van der Waals surface area (Å²) in [5, 5.41) is 11.4. The monoisotopic (exact) mass is 265 g/mol. The molecule has 5 heteroatoms. The predicted octanol–water partition coefficient (Wildman–Crippen LogP) is 2.44. The van der Waals surface area contributed by atoms with E-state index in [1.54, 1.807) is 26.2 Å². The summed E-state index contributed by atoms with van der Waals surface area (Å²) in [6.45, 7) is 3.62. The number of carbonyl (C=O) groups excluding carboxylic acids is 1. The highest BCUT2D eigenvalue weighted by Crippen LogP contribution is 2.21. The zero-order valence-corrected chi connectivity index (χ0v) is 11.4. The Balaban J connectivity index is 2.59. The van der Waals surface area contributed by atoms with Crippen LogP contribution < -0.4 is 10.1 Å². The lowest BCUT2D eigenvalue weighted by Crippen LogP contribution is -2.17. The molecular weight excluding hydrogens is 246 g/mol. The van der Waals surface area contributed by atoms with Crippen LogP contribution in [-0.2, 0) is 9.59 Å². The Bertz CT molecular complexity index is 471. The molecule has 0 aromatic heterocycles. The first-order valence-electron chi connectivity index (χ1n) is 6.08. The van der Waals surface area contributed by atoms with Gasteiger partial charge in [0.1, 0.15) is 5.75 Å². The highest BCUT2D eigenvalue weighted by atomic mass is 16.5. The number of aliphatic carboxylic acids is 1. The van der Waals surface area contributed by atoms with Gasteiger partial charge < -0.3 is 15.2 Å². The summed E-state index contributed by atoms with van der Waals surface area (Å²) >= 11 is 0. The van der Waals surface area contributed by atoms with E-state index in [1.165, 1.54) is 0 Å². The summed E-state index contributed by atoms with van der Waals surface area (Å²) < 4.78 is 5.09. The van der Waals surface area contributed by atoms with Gasteiger partial charge in [0.25, 0.3) is 0 Å². The maximum absolute atomic E-state index is 11.8. The summed E-state index contributed by atoms with van der Waals surface area (Å²) in [5.74, 6) is -0.520. The smallest absolute Gasteiger partial charge is 0.303 e. The van der Waals surface area contributed by atoms with Crippen LogP contribution >= 0.6 is 0 Å². The van der Waals surface area contributed by atoms with E-state index in [4.69, 9.17) is 9.84 Å². The lowest BCUT2D eigenvalue weighted by molar-refractivity contribution is -0.138. The fourth-order valence-electron chi connectivity index (χ4n) is 1.79. The molecule has 0 fully saturated rings. The number of anilines is 1. The van der Waals surface area contributed by atoms with Crippen LogP contribution in [0.25, 0.3) is 0 Å². The molecule has 19 heavy (non-hydrogen) atoms. The second-order valence-electron chi connectivity index (χ2n) is 4.64. The standard InChI is InChI=1S/C14H19NO4/c1-9(7-14(17)18)6-13(16)15-12-5-4-11(19-3)8-10(12)2/h4-5,8-9H,6-7H2,1-3H3,(H,15,16)(H,17,18). The Hall–Kier alpha value is -2.04. The molecule has 2 N–H and O–H groups in total. The van der Waals surface area contributed by atoms with Crippen LogP contribution in [0.1, 0.15) is 25.3 Å². The number of hydrogen-bond donors (Lipinski definition) is 2. The molecule has 0 heterocycles. The molecule has 0 aliphatic carbocycles. The van der Waals surface area contributed by atoms with Crippen molar-refractivity contribution in [3.05, 3.63) is 23.8 Å². The summed E-state index contributed by atoms with van der Waals surface area (Å²) in [7, 11) is 1.58. The molecule has 5 nitrogen and oxygen atoms in total. The topological polar surface area (TPSA) is 75.6 Å². The number of aryl methyl sites for hydroxylation is 1. The van der Waals surface area contributed by atoms with Crippen LogP contribution in [0.15, 0.2) is 18.2 Å². The normalized spacial score (nSPS) is 11.7. The van der Waals surface area contributed by atoms with Crippen LogP contribution in [0.4, 0.5) is 5.69 Å². The number of benzene rings is 1. The number of hydrogen-bond acceptors (Lipinski definition) is 3. The first kappa shape index (κ1) is 15.0. The second kappa shape index (κ2) is 6.78. The van der Waals surface area contributed by atoms with Crippen molar-refractivity contribution >= 4 is 17.6 Å². The van der Waals surface area contributed by atoms with Gasteiger partial charge in [0.2, 0.25) is 5.91 Å². The summed E-state index contributed by atoms with van der Waals surface area (Å²) in [6.07, 6.45) is 0.187. The SMILES string of the molecule is COc1ccc(NC(=O)CC(C)CC(=O)O)c(C)c1. The molecule has 0 aliphatic rings. The molecule has 1 atom stereocenters. The van der Waals surface area contributed by atoms with Crippen molar-refractivity contribution in [3.8, 4) is 5.75 Å². The van der Waals surface area contributed by atoms with Gasteiger partial charge in [0, 0.05) is 18.5 Å². The molecule has 1 unspecified atom stereocenters. The molecule has 0 saturated carbocycles. The van der Waals surface area contributed by atoms with E-state index < -0.39 is 5.97 Å². The van der Waals surface area contributed by atoms with E-state index in [1.807, 2.05) is 13.0 Å². The highest BCUT2D eigenvalue weighted by Gasteiger charge is 2.13. The van der Waals surface area contributed by atoms with Crippen molar-refractivity contribution in [1.29, 1.82) is 0 Å².